The first-order valence-electron chi connectivity index (χ1n) is 8.30. The lowest BCUT2D eigenvalue weighted by molar-refractivity contribution is -0.128. The van der Waals surface area contributed by atoms with Crippen LogP contribution in [0.15, 0.2) is 30.4 Å². The zero-order valence-electron chi connectivity index (χ0n) is 13.8. The van der Waals surface area contributed by atoms with E-state index in [-0.39, 0.29) is 23.5 Å². The number of carbonyl (C=O) groups excluding carboxylic acids is 1. The molecule has 1 N–H and O–H groups in total. The predicted molar refractivity (Wildman–Crippen MR) is 87.1 cm³/mol. The van der Waals surface area contributed by atoms with E-state index in [2.05, 4.69) is 25.7 Å². The minimum absolute atomic E-state index is 0.0777. The van der Waals surface area contributed by atoms with E-state index in [1.54, 1.807) is 0 Å². The summed E-state index contributed by atoms with van der Waals surface area (Å²) in [7, 11) is 0. The highest BCUT2D eigenvalue weighted by molar-refractivity contribution is 5.87. The molecule has 4 heteroatoms. The van der Waals surface area contributed by atoms with Gasteiger partial charge < -0.3 is 14.8 Å². The van der Waals surface area contributed by atoms with Crippen LogP contribution in [0, 0.1) is 16.7 Å². The molecule has 3 aliphatic rings. The number of nitrogens with one attached hydrogen (secondary N) is 1. The Morgan fingerprint density at radius 3 is 2.87 bits per heavy atom. The fourth-order valence-electron chi connectivity index (χ4n) is 4.54. The van der Waals surface area contributed by atoms with Gasteiger partial charge in [0.2, 0.25) is 12.7 Å². The van der Waals surface area contributed by atoms with Crippen molar-refractivity contribution in [2.24, 2.45) is 16.7 Å². The molecule has 2 fully saturated rings. The summed E-state index contributed by atoms with van der Waals surface area (Å²) in [6, 6.07) is 5.80. The van der Waals surface area contributed by atoms with Crippen molar-refractivity contribution < 1.29 is 14.3 Å². The zero-order valence-corrected chi connectivity index (χ0v) is 13.8. The van der Waals surface area contributed by atoms with Crippen LogP contribution in [0.2, 0.25) is 0 Å². The van der Waals surface area contributed by atoms with E-state index in [1.807, 2.05) is 18.2 Å². The molecule has 1 aromatic rings. The molecule has 23 heavy (non-hydrogen) atoms. The summed E-state index contributed by atoms with van der Waals surface area (Å²) in [6.07, 6.45) is 3.02. The molecule has 1 heterocycles. The number of hydrogen-bond donors (Lipinski definition) is 1. The number of fused-ring (bicyclic) bond motifs is 3. The van der Waals surface area contributed by atoms with Gasteiger partial charge in [-0.3, -0.25) is 4.79 Å². The van der Waals surface area contributed by atoms with E-state index in [1.165, 1.54) is 0 Å². The molecule has 2 atom stereocenters. The number of hydrogen-bond acceptors (Lipinski definition) is 3. The second-order valence-corrected chi connectivity index (χ2v) is 7.59. The highest BCUT2D eigenvalue weighted by Crippen LogP contribution is 2.65. The van der Waals surface area contributed by atoms with Gasteiger partial charge in [-0.2, -0.15) is 0 Å². The standard InChI is InChI=1S/C19H23NO3/c1-12-18(2,3)14-6-7-19(12,9-14)17(21)20-10-13-4-5-15-16(8-13)23-11-22-15/h4-5,8,14H,1,6-7,9-11H2,2-3H3,(H,20,21)/t14-,19+/m0/s1. The fraction of sp³-hybridized carbons (Fsp3) is 0.526. The predicted octanol–water partition coefficient (Wildman–Crippen LogP) is 3.41. The molecule has 2 aliphatic carbocycles. The minimum Gasteiger partial charge on any atom is -0.454 e. The van der Waals surface area contributed by atoms with Gasteiger partial charge in [-0.05, 0) is 48.3 Å². The van der Waals surface area contributed by atoms with E-state index in [4.69, 9.17) is 9.47 Å². The van der Waals surface area contributed by atoms with Crippen LogP contribution >= 0.6 is 0 Å². The molecule has 4 rings (SSSR count). The van der Waals surface area contributed by atoms with Gasteiger partial charge in [-0.25, -0.2) is 0 Å². The largest absolute Gasteiger partial charge is 0.454 e. The van der Waals surface area contributed by atoms with Crippen LogP contribution in [0.4, 0.5) is 0 Å². The molecule has 122 valence electrons. The van der Waals surface area contributed by atoms with Crippen molar-refractivity contribution in [1.29, 1.82) is 0 Å². The molecule has 0 aromatic heterocycles. The number of ether oxygens (including phenoxy) is 2. The molecule has 0 unspecified atom stereocenters. The molecule has 0 spiro atoms. The minimum atomic E-state index is -0.357. The lowest BCUT2D eigenvalue weighted by Gasteiger charge is -2.37. The van der Waals surface area contributed by atoms with Gasteiger partial charge in [0.05, 0.1) is 5.41 Å². The zero-order chi connectivity index (χ0) is 16.2. The van der Waals surface area contributed by atoms with Crippen LogP contribution in [0.5, 0.6) is 11.5 Å². The van der Waals surface area contributed by atoms with Crippen molar-refractivity contribution in [2.75, 3.05) is 6.79 Å². The van der Waals surface area contributed by atoms with Crippen LogP contribution in [0.25, 0.3) is 0 Å². The molecule has 2 bridgehead atoms. The first kappa shape index (κ1) is 14.6. The summed E-state index contributed by atoms with van der Waals surface area (Å²) >= 11 is 0. The van der Waals surface area contributed by atoms with Crippen molar-refractivity contribution in [1.82, 2.24) is 5.32 Å². The third kappa shape index (κ3) is 2.00. The Morgan fingerprint density at radius 1 is 1.35 bits per heavy atom. The Balaban J connectivity index is 1.48. The summed E-state index contributed by atoms with van der Waals surface area (Å²) in [6.45, 7) is 9.52. The second-order valence-electron chi connectivity index (χ2n) is 7.59. The first-order valence-corrected chi connectivity index (χ1v) is 8.30. The van der Waals surface area contributed by atoms with E-state index in [0.29, 0.717) is 12.5 Å². The van der Waals surface area contributed by atoms with E-state index in [0.717, 1.165) is 41.9 Å². The Morgan fingerprint density at radius 2 is 2.13 bits per heavy atom. The van der Waals surface area contributed by atoms with Gasteiger partial charge >= 0.3 is 0 Å². The molecule has 0 radical (unpaired) electrons. The van der Waals surface area contributed by atoms with Crippen molar-refractivity contribution in [3.63, 3.8) is 0 Å². The van der Waals surface area contributed by atoms with Crippen molar-refractivity contribution in [3.05, 3.63) is 35.9 Å². The Kier molecular flexibility index (Phi) is 3.03. The Labute approximate surface area is 136 Å². The maximum Gasteiger partial charge on any atom is 0.231 e. The first-order chi connectivity index (χ1) is 10.9. The molecule has 1 aromatic carbocycles. The number of carbonyl (C=O) groups is 1. The van der Waals surface area contributed by atoms with Gasteiger partial charge in [0, 0.05) is 6.54 Å². The Hall–Kier alpha value is -1.97. The van der Waals surface area contributed by atoms with Crippen LogP contribution in [-0.2, 0) is 11.3 Å². The maximum atomic E-state index is 12.9. The second kappa shape index (κ2) is 4.76. The summed E-state index contributed by atoms with van der Waals surface area (Å²) in [5.41, 5.74) is 1.86. The van der Waals surface area contributed by atoms with Crippen LogP contribution in [0.3, 0.4) is 0 Å². The molecule has 2 saturated carbocycles. The smallest absolute Gasteiger partial charge is 0.231 e. The van der Waals surface area contributed by atoms with E-state index < -0.39 is 0 Å². The van der Waals surface area contributed by atoms with Crippen LogP contribution in [0.1, 0.15) is 38.7 Å². The van der Waals surface area contributed by atoms with Crippen molar-refractivity contribution in [2.45, 2.75) is 39.7 Å². The van der Waals surface area contributed by atoms with Crippen molar-refractivity contribution in [3.8, 4) is 11.5 Å². The van der Waals surface area contributed by atoms with Gasteiger partial charge in [-0.15, -0.1) is 0 Å². The summed E-state index contributed by atoms with van der Waals surface area (Å²) < 4.78 is 10.7. The number of amides is 1. The topological polar surface area (TPSA) is 47.6 Å². The fourth-order valence-corrected chi connectivity index (χ4v) is 4.54. The monoisotopic (exact) mass is 313 g/mol. The molecular weight excluding hydrogens is 290 g/mol. The van der Waals surface area contributed by atoms with Gasteiger partial charge in [-0.1, -0.05) is 32.1 Å². The molecule has 0 saturated heterocycles. The Bertz CT molecular complexity index is 694. The quantitative estimate of drug-likeness (QED) is 0.870. The summed E-state index contributed by atoms with van der Waals surface area (Å²) in [5, 5.41) is 3.12. The number of rotatable bonds is 3. The maximum absolute atomic E-state index is 12.9. The molecular formula is C19H23NO3. The summed E-state index contributed by atoms with van der Waals surface area (Å²) in [5.74, 6) is 2.24. The average molecular weight is 313 g/mol. The van der Waals surface area contributed by atoms with Gasteiger partial charge in [0.1, 0.15) is 0 Å². The molecule has 1 aliphatic heterocycles. The van der Waals surface area contributed by atoms with E-state index >= 15 is 0 Å². The lowest BCUT2D eigenvalue weighted by Crippen LogP contribution is -2.41. The highest BCUT2D eigenvalue weighted by Gasteiger charge is 2.60. The van der Waals surface area contributed by atoms with E-state index in [9.17, 15) is 4.79 Å². The van der Waals surface area contributed by atoms with Crippen molar-refractivity contribution >= 4 is 5.91 Å². The average Bonchev–Trinajstić information content (AvgIpc) is 3.21. The SMILES string of the molecule is C=C1C(C)(C)[C@H]2CC[C@@]1(C(=O)NCc1ccc3c(c1)OCO3)C2. The third-order valence-corrected chi connectivity index (χ3v) is 6.22. The van der Waals surface area contributed by atoms with Gasteiger partial charge in [0.15, 0.2) is 11.5 Å². The summed E-state index contributed by atoms with van der Waals surface area (Å²) in [4.78, 5) is 12.9. The van der Waals surface area contributed by atoms with Crippen LogP contribution < -0.4 is 14.8 Å². The number of benzene rings is 1. The third-order valence-electron chi connectivity index (χ3n) is 6.22. The highest BCUT2D eigenvalue weighted by atomic mass is 16.7. The molecule has 4 nitrogen and oxygen atoms in total. The lowest BCUT2D eigenvalue weighted by atomic mass is 9.68. The van der Waals surface area contributed by atoms with Crippen LogP contribution in [-0.4, -0.2) is 12.7 Å². The normalized spacial score (nSPS) is 29.8. The molecule has 1 amide bonds. The van der Waals surface area contributed by atoms with Gasteiger partial charge in [0.25, 0.3) is 0 Å².